The van der Waals surface area contributed by atoms with Gasteiger partial charge < -0.3 is 10.2 Å². The fraction of sp³-hybridized carbons (Fsp3) is 0.565. The highest BCUT2D eigenvalue weighted by molar-refractivity contribution is 5.32. The van der Waals surface area contributed by atoms with Gasteiger partial charge in [-0.1, -0.05) is 27.7 Å². The highest BCUT2D eigenvalue weighted by Crippen LogP contribution is 2.21. The van der Waals surface area contributed by atoms with Gasteiger partial charge in [0.25, 0.3) is 0 Å². The van der Waals surface area contributed by atoms with Gasteiger partial charge in [-0.2, -0.15) is 0 Å². The lowest BCUT2D eigenvalue weighted by atomic mass is 10.2. The van der Waals surface area contributed by atoms with Crippen LogP contribution in [0.15, 0.2) is 24.5 Å². The Bertz CT molecular complexity index is 700. The zero-order chi connectivity index (χ0) is 22.7. The van der Waals surface area contributed by atoms with Gasteiger partial charge in [-0.05, 0) is 14.1 Å². The van der Waals surface area contributed by atoms with Crippen LogP contribution in [0.4, 0.5) is 0 Å². The molecule has 6 heteroatoms. The molecular weight excluding hydrogens is 364 g/mol. The minimum absolute atomic E-state index is 0.350. The van der Waals surface area contributed by atoms with Crippen LogP contribution in [0.1, 0.15) is 50.2 Å². The number of hydrogen-bond acceptors (Lipinski definition) is 4. The molecule has 0 bridgehead atoms. The van der Waals surface area contributed by atoms with Crippen molar-refractivity contribution in [3.63, 3.8) is 0 Å². The third kappa shape index (κ3) is 7.63. The maximum absolute atomic E-state index is 10.3. The van der Waals surface area contributed by atoms with Crippen LogP contribution in [0.25, 0.3) is 0 Å². The van der Waals surface area contributed by atoms with Crippen LogP contribution in [0.2, 0.25) is 0 Å². The number of pyridine rings is 2. The third-order valence-electron chi connectivity index (χ3n) is 4.71. The van der Waals surface area contributed by atoms with Crippen LogP contribution in [-0.4, -0.2) is 40.8 Å². The monoisotopic (exact) mass is 406 g/mol. The van der Waals surface area contributed by atoms with Crippen molar-refractivity contribution < 1.29 is 19.3 Å². The van der Waals surface area contributed by atoms with Gasteiger partial charge in [0.15, 0.2) is 23.9 Å². The van der Waals surface area contributed by atoms with Crippen molar-refractivity contribution in [2.75, 3.05) is 20.8 Å². The van der Waals surface area contributed by atoms with E-state index in [1.807, 2.05) is 103 Å². The zero-order valence-electron chi connectivity index (χ0n) is 20.1. The van der Waals surface area contributed by atoms with Crippen molar-refractivity contribution in [3.05, 3.63) is 47.0 Å². The molecule has 2 aromatic heterocycles. The van der Waals surface area contributed by atoms with Crippen LogP contribution in [-0.2, 0) is 27.2 Å². The molecule has 0 radical (unpaired) electrons. The molecule has 0 aromatic carbocycles. The maximum Gasteiger partial charge on any atom is 0.220 e. The molecule has 2 aromatic rings. The SMILES string of the molecule is CC.CC.Cc1c(O)c(CN(C)CN(C)Cc2cc[n+](C)c(C)c2O)cc[n+]1C. The summed E-state index contributed by atoms with van der Waals surface area (Å²) in [6.07, 6.45) is 3.93. The summed E-state index contributed by atoms with van der Waals surface area (Å²) in [6, 6.07) is 3.90. The molecule has 2 N–H and O–H groups in total. The topological polar surface area (TPSA) is 54.7 Å². The van der Waals surface area contributed by atoms with Crippen LogP contribution in [0.3, 0.4) is 0 Å². The fourth-order valence-corrected chi connectivity index (χ4v) is 2.93. The van der Waals surface area contributed by atoms with Crippen LogP contribution >= 0.6 is 0 Å². The third-order valence-corrected chi connectivity index (χ3v) is 4.71. The van der Waals surface area contributed by atoms with Crippen LogP contribution in [0, 0.1) is 13.8 Å². The molecule has 0 unspecified atom stereocenters. The summed E-state index contributed by atoms with van der Waals surface area (Å²) in [4.78, 5) is 4.28. The molecule has 0 saturated heterocycles. The Morgan fingerprint density at radius 2 is 1.03 bits per heavy atom. The zero-order valence-corrected chi connectivity index (χ0v) is 20.1. The highest BCUT2D eigenvalue weighted by atomic mass is 16.3. The molecule has 0 aliphatic rings. The molecule has 0 aliphatic heterocycles. The fourth-order valence-electron chi connectivity index (χ4n) is 2.93. The number of aromatic hydroxyl groups is 2. The van der Waals surface area contributed by atoms with E-state index < -0.39 is 0 Å². The Kier molecular flexibility index (Phi) is 12.1. The normalized spacial score (nSPS) is 10.3. The van der Waals surface area contributed by atoms with Gasteiger partial charge in [0.05, 0.1) is 6.67 Å². The molecule has 29 heavy (non-hydrogen) atoms. The molecule has 0 aliphatic carbocycles. The van der Waals surface area contributed by atoms with E-state index in [4.69, 9.17) is 0 Å². The van der Waals surface area contributed by atoms with Crippen molar-refractivity contribution in [1.82, 2.24) is 9.80 Å². The molecule has 0 amide bonds. The average Bonchev–Trinajstić information content (AvgIpc) is 2.72. The molecular formula is C23H42N4O2+2. The lowest BCUT2D eigenvalue weighted by Crippen LogP contribution is -2.35. The Balaban J connectivity index is 0.00000184. The van der Waals surface area contributed by atoms with E-state index in [0.29, 0.717) is 24.6 Å². The molecule has 6 nitrogen and oxygen atoms in total. The lowest BCUT2D eigenvalue weighted by Gasteiger charge is -2.25. The van der Waals surface area contributed by atoms with Crippen molar-refractivity contribution >= 4 is 0 Å². The summed E-state index contributed by atoms with van der Waals surface area (Å²) in [5.74, 6) is 0.701. The van der Waals surface area contributed by atoms with E-state index in [1.165, 1.54) is 0 Å². The number of nitrogens with zero attached hydrogens (tertiary/aromatic N) is 4. The second-order valence-corrected chi connectivity index (χ2v) is 6.94. The van der Waals surface area contributed by atoms with Crippen molar-refractivity contribution in [2.24, 2.45) is 14.1 Å². The van der Waals surface area contributed by atoms with Crippen molar-refractivity contribution in [2.45, 2.75) is 54.6 Å². The second kappa shape index (κ2) is 13.1. The lowest BCUT2D eigenvalue weighted by molar-refractivity contribution is -0.678. The number of aryl methyl sites for hydroxylation is 2. The molecule has 0 fully saturated rings. The van der Waals surface area contributed by atoms with Gasteiger partial charge in [0, 0.05) is 50.2 Å². The van der Waals surface area contributed by atoms with Crippen molar-refractivity contribution in [3.8, 4) is 11.5 Å². The summed E-state index contributed by atoms with van der Waals surface area (Å²) < 4.78 is 3.82. The largest absolute Gasteiger partial charge is 0.502 e. The summed E-state index contributed by atoms with van der Waals surface area (Å²) in [6.45, 7) is 13.9. The van der Waals surface area contributed by atoms with Gasteiger partial charge in [0.2, 0.25) is 11.4 Å². The summed E-state index contributed by atoms with van der Waals surface area (Å²) >= 11 is 0. The molecule has 0 atom stereocenters. The first kappa shape index (κ1) is 26.8. The van der Waals surface area contributed by atoms with E-state index in [-0.39, 0.29) is 0 Å². The summed E-state index contributed by atoms with van der Waals surface area (Å²) in [7, 11) is 7.89. The van der Waals surface area contributed by atoms with Gasteiger partial charge in [-0.15, -0.1) is 0 Å². The maximum atomic E-state index is 10.3. The first-order chi connectivity index (χ1) is 13.7. The predicted molar refractivity (Wildman–Crippen MR) is 119 cm³/mol. The first-order valence-electron chi connectivity index (χ1n) is 10.4. The van der Waals surface area contributed by atoms with E-state index in [0.717, 1.165) is 29.2 Å². The van der Waals surface area contributed by atoms with Gasteiger partial charge in [0.1, 0.15) is 14.1 Å². The minimum atomic E-state index is 0.350. The van der Waals surface area contributed by atoms with Crippen LogP contribution < -0.4 is 9.13 Å². The van der Waals surface area contributed by atoms with E-state index >= 15 is 0 Å². The summed E-state index contributed by atoms with van der Waals surface area (Å²) in [5, 5.41) is 20.6. The highest BCUT2D eigenvalue weighted by Gasteiger charge is 2.17. The summed E-state index contributed by atoms with van der Waals surface area (Å²) in [5.41, 5.74) is 3.54. The second-order valence-electron chi connectivity index (χ2n) is 6.94. The average molecular weight is 407 g/mol. The smallest absolute Gasteiger partial charge is 0.220 e. The first-order valence-corrected chi connectivity index (χ1v) is 10.4. The standard InChI is InChI=1S/C19H28N4O2.2C2H6/c1-14-18(24)16(7-9-22(14)5)11-20(3)13-21(4)12-17-8-10-23(6)15(2)19(17)25;2*1-2/h7-10H,11-13H2,1-6H3;2*1-2H3/p+2. The molecule has 2 heterocycles. The van der Waals surface area contributed by atoms with Gasteiger partial charge >= 0.3 is 0 Å². The van der Waals surface area contributed by atoms with Gasteiger partial charge in [-0.25, -0.2) is 9.13 Å². The number of hydrogen-bond donors (Lipinski definition) is 2. The Morgan fingerprint density at radius 3 is 1.34 bits per heavy atom. The molecule has 0 saturated carbocycles. The van der Waals surface area contributed by atoms with E-state index in [2.05, 4.69) is 9.80 Å². The molecule has 164 valence electrons. The Labute approximate surface area is 177 Å². The molecule has 0 spiro atoms. The van der Waals surface area contributed by atoms with E-state index in [1.54, 1.807) is 0 Å². The van der Waals surface area contributed by atoms with Gasteiger partial charge in [-0.3, -0.25) is 9.80 Å². The molecule has 2 rings (SSSR count). The number of rotatable bonds is 6. The van der Waals surface area contributed by atoms with E-state index in [9.17, 15) is 10.2 Å². The number of aromatic nitrogens is 2. The minimum Gasteiger partial charge on any atom is -0.502 e. The predicted octanol–water partition coefficient (Wildman–Crippen LogP) is 2.94. The Hall–Kier alpha value is -2.18. The van der Waals surface area contributed by atoms with Crippen LogP contribution in [0.5, 0.6) is 11.5 Å². The Morgan fingerprint density at radius 1 is 0.724 bits per heavy atom. The van der Waals surface area contributed by atoms with Crippen molar-refractivity contribution in [1.29, 1.82) is 0 Å². The quantitative estimate of drug-likeness (QED) is 0.572.